The fourth-order valence-electron chi connectivity index (χ4n) is 1.72. The molecule has 2 aromatic rings. The molecule has 104 valence electrons. The van der Waals surface area contributed by atoms with Crippen LogP contribution in [0.3, 0.4) is 0 Å². The van der Waals surface area contributed by atoms with Crippen LogP contribution in [0, 0.1) is 6.92 Å². The number of nitrogens with zero attached hydrogens (tertiary/aromatic N) is 1. The summed E-state index contributed by atoms with van der Waals surface area (Å²) >= 11 is 5.96. The van der Waals surface area contributed by atoms with Gasteiger partial charge >= 0.3 is 5.97 Å². The number of esters is 1. The lowest BCUT2D eigenvalue weighted by Crippen LogP contribution is -2.09. The van der Waals surface area contributed by atoms with Crippen LogP contribution in [0.15, 0.2) is 30.5 Å². The van der Waals surface area contributed by atoms with Crippen molar-refractivity contribution in [3.05, 3.63) is 46.6 Å². The number of carbonyl (C=O) groups excluding carboxylic acids is 1. The minimum atomic E-state index is -0.504. The summed E-state index contributed by atoms with van der Waals surface area (Å²) in [6.45, 7) is 1.93. The van der Waals surface area contributed by atoms with Crippen LogP contribution in [0.4, 0.5) is 17.2 Å². The molecule has 1 heterocycles. The Morgan fingerprint density at radius 2 is 2.15 bits per heavy atom. The summed E-state index contributed by atoms with van der Waals surface area (Å²) < 4.78 is 4.67. The van der Waals surface area contributed by atoms with Crippen molar-refractivity contribution in [3.8, 4) is 0 Å². The molecule has 0 atom stereocenters. The maximum absolute atomic E-state index is 11.6. The SMILES string of the molecule is COC(=O)c1ccnc(Nc2cc(Cl)ccc2C)c1N. The number of ether oxygens (including phenoxy) is 1. The number of aromatic nitrogens is 1. The molecular weight excluding hydrogens is 278 g/mol. The van der Waals surface area contributed by atoms with Crippen LogP contribution in [0.2, 0.25) is 5.02 Å². The zero-order chi connectivity index (χ0) is 14.7. The van der Waals surface area contributed by atoms with E-state index in [1.807, 2.05) is 13.0 Å². The highest BCUT2D eigenvalue weighted by atomic mass is 35.5. The first kappa shape index (κ1) is 14.1. The van der Waals surface area contributed by atoms with Crippen LogP contribution < -0.4 is 11.1 Å². The number of halogens is 1. The monoisotopic (exact) mass is 291 g/mol. The number of hydrogen-bond acceptors (Lipinski definition) is 5. The van der Waals surface area contributed by atoms with Gasteiger partial charge in [-0.2, -0.15) is 0 Å². The minimum Gasteiger partial charge on any atom is -0.465 e. The van der Waals surface area contributed by atoms with E-state index in [4.69, 9.17) is 17.3 Å². The fourth-order valence-corrected chi connectivity index (χ4v) is 1.89. The van der Waals surface area contributed by atoms with Crippen molar-refractivity contribution in [2.75, 3.05) is 18.2 Å². The number of hydrogen-bond donors (Lipinski definition) is 2. The summed E-state index contributed by atoms with van der Waals surface area (Å²) in [5.41, 5.74) is 8.20. The second kappa shape index (κ2) is 5.79. The van der Waals surface area contributed by atoms with E-state index >= 15 is 0 Å². The second-order valence-electron chi connectivity index (χ2n) is 4.20. The Balaban J connectivity index is 2.39. The molecule has 5 nitrogen and oxygen atoms in total. The van der Waals surface area contributed by atoms with Crippen molar-refractivity contribution in [1.82, 2.24) is 4.98 Å². The highest BCUT2D eigenvalue weighted by Crippen LogP contribution is 2.27. The van der Waals surface area contributed by atoms with E-state index in [1.165, 1.54) is 19.4 Å². The number of rotatable bonds is 3. The molecule has 0 saturated heterocycles. The van der Waals surface area contributed by atoms with Gasteiger partial charge in [-0.05, 0) is 30.7 Å². The van der Waals surface area contributed by atoms with Crippen molar-refractivity contribution in [2.45, 2.75) is 6.92 Å². The Morgan fingerprint density at radius 1 is 1.40 bits per heavy atom. The molecule has 0 aliphatic rings. The number of aryl methyl sites for hydroxylation is 1. The lowest BCUT2D eigenvalue weighted by Gasteiger charge is -2.12. The van der Waals surface area contributed by atoms with Gasteiger partial charge in [-0.3, -0.25) is 0 Å². The quantitative estimate of drug-likeness (QED) is 0.850. The number of methoxy groups -OCH3 is 1. The van der Waals surface area contributed by atoms with E-state index in [-0.39, 0.29) is 11.3 Å². The van der Waals surface area contributed by atoms with Gasteiger partial charge in [0.05, 0.1) is 18.4 Å². The van der Waals surface area contributed by atoms with E-state index in [0.29, 0.717) is 10.8 Å². The van der Waals surface area contributed by atoms with Gasteiger partial charge in [-0.15, -0.1) is 0 Å². The van der Waals surface area contributed by atoms with E-state index in [2.05, 4.69) is 15.0 Å². The molecule has 6 heteroatoms. The Bertz CT molecular complexity index is 659. The van der Waals surface area contributed by atoms with Gasteiger partial charge in [0.15, 0.2) is 5.82 Å². The van der Waals surface area contributed by atoms with Gasteiger partial charge < -0.3 is 15.8 Å². The van der Waals surface area contributed by atoms with E-state index in [1.54, 1.807) is 12.1 Å². The summed E-state index contributed by atoms with van der Waals surface area (Å²) in [4.78, 5) is 15.7. The van der Waals surface area contributed by atoms with Crippen LogP contribution >= 0.6 is 11.6 Å². The van der Waals surface area contributed by atoms with Crippen LogP contribution in [0.25, 0.3) is 0 Å². The molecule has 3 N–H and O–H groups in total. The lowest BCUT2D eigenvalue weighted by molar-refractivity contribution is 0.0602. The maximum Gasteiger partial charge on any atom is 0.340 e. The molecule has 0 saturated carbocycles. The molecule has 20 heavy (non-hydrogen) atoms. The van der Waals surface area contributed by atoms with Crippen molar-refractivity contribution in [1.29, 1.82) is 0 Å². The maximum atomic E-state index is 11.6. The van der Waals surface area contributed by atoms with Crippen LogP contribution in [0.1, 0.15) is 15.9 Å². The van der Waals surface area contributed by atoms with E-state index in [0.717, 1.165) is 11.3 Å². The van der Waals surface area contributed by atoms with Gasteiger partial charge in [0, 0.05) is 16.9 Å². The summed E-state index contributed by atoms with van der Waals surface area (Å²) in [6, 6.07) is 6.95. The van der Waals surface area contributed by atoms with Gasteiger partial charge in [0.25, 0.3) is 0 Å². The first-order valence-corrected chi connectivity index (χ1v) is 6.26. The molecule has 0 amide bonds. The van der Waals surface area contributed by atoms with E-state index in [9.17, 15) is 4.79 Å². The predicted molar refractivity (Wildman–Crippen MR) is 79.5 cm³/mol. The molecule has 0 aliphatic heterocycles. The third-order valence-corrected chi connectivity index (χ3v) is 3.08. The topological polar surface area (TPSA) is 77.2 Å². The normalized spacial score (nSPS) is 10.2. The Hall–Kier alpha value is -2.27. The number of anilines is 3. The van der Waals surface area contributed by atoms with Crippen LogP contribution in [0.5, 0.6) is 0 Å². The molecule has 1 aromatic carbocycles. The van der Waals surface area contributed by atoms with Crippen molar-refractivity contribution < 1.29 is 9.53 Å². The molecule has 0 aliphatic carbocycles. The lowest BCUT2D eigenvalue weighted by atomic mass is 10.2. The predicted octanol–water partition coefficient (Wildman–Crippen LogP) is 3.16. The smallest absolute Gasteiger partial charge is 0.340 e. The summed E-state index contributed by atoms with van der Waals surface area (Å²) in [6.07, 6.45) is 1.49. The second-order valence-corrected chi connectivity index (χ2v) is 4.63. The third-order valence-electron chi connectivity index (χ3n) is 2.85. The molecule has 0 radical (unpaired) electrons. The van der Waals surface area contributed by atoms with Gasteiger partial charge in [-0.1, -0.05) is 17.7 Å². The van der Waals surface area contributed by atoms with Gasteiger partial charge in [-0.25, -0.2) is 9.78 Å². The minimum absolute atomic E-state index is 0.235. The van der Waals surface area contributed by atoms with Crippen molar-refractivity contribution in [2.24, 2.45) is 0 Å². The van der Waals surface area contributed by atoms with Crippen molar-refractivity contribution in [3.63, 3.8) is 0 Å². The number of pyridine rings is 1. The third kappa shape index (κ3) is 2.83. The molecule has 1 aromatic heterocycles. The van der Waals surface area contributed by atoms with Crippen LogP contribution in [-0.4, -0.2) is 18.1 Å². The number of benzene rings is 1. The summed E-state index contributed by atoms with van der Waals surface area (Å²) in [7, 11) is 1.30. The Kier molecular flexibility index (Phi) is 4.10. The number of nitrogen functional groups attached to an aromatic ring is 1. The Morgan fingerprint density at radius 3 is 2.85 bits per heavy atom. The molecular formula is C14H14ClN3O2. The zero-order valence-corrected chi connectivity index (χ0v) is 11.9. The molecule has 0 fully saturated rings. The highest BCUT2D eigenvalue weighted by molar-refractivity contribution is 6.30. The fraction of sp³-hybridized carbons (Fsp3) is 0.143. The number of nitrogens with one attached hydrogen (secondary N) is 1. The highest BCUT2D eigenvalue weighted by Gasteiger charge is 2.14. The molecule has 0 bridgehead atoms. The van der Waals surface area contributed by atoms with Gasteiger partial charge in [0.1, 0.15) is 0 Å². The summed E-state index contributed by atoms with van der Waals surface area (Å²) in [5.74, 6) is -0.117. The average molecular weight is 292 g/mol. The van der Waals surface area contributed by atoms with E-state index < -0.39 is 5.97 Å². The van der Waals surface area contributed by atoms with Crippen LogP contribution in [-0.2, 0) is 4.74 Å². The number of nitrogens with two attached hydrogens (primary N) is 1. The molecule has 0 spiro atoms. The van der Waals surface area contributed by atoms with Gasteiger partial charge in [0.2, 0.25) is 0 Å². The number of carbonyl (C=O) groups is 1. The molecule has 0 unspecified atom stereocenters. The zero-order valence-electron chi connectivity index (χ0n) is 11.1. The molecule has 2 rings (SSSR count). The summed E-state index contributed by atoms with van der Waals surface area (Å²) in [5, 5.41) is 3.67. The average Bonchev–Trinajstić information content (AvgIpc) is 2.44. The first-order valence-electron chi connectivity index (χ1n) is 5.89. The largest absolute Gasteiger partial charge is 0.465 e. The first-order chi connectivity index (χ1) is 9.52. The standard InChI is InChI=1S/C14H14ClN3O2/c1-8-3-4-9(15)7-11(8)18-13-12(16)10(5-6-17-13)14(19)20-2/h3-7H,16H2,1-2H3,(H,17,18). The van der Waals surface area contributed by atoms with Crippen molar-refractivity contribution >= 4 is 34.8 Å². The Labute approximate surface area is 121 Å².